The fourth-order valence-electron chi connectivity index (χ4n) is 2.64. The van der Waals surface area contributed by atoms with E-state index >= 15 is 0 Å². The molecule has 1 aliphatic carbocycles. The van der Waals surface area contributed by atoms with Crippen molar-refractivity contribution in [2.75, 3.05) is 6.61 Å². The van der Waals surface area contributed by atoms with Crippen molar-refractivity contribution in [3.8, 4) is 0 Å². The lowest BCUT2D eigenvalue weighted by Gasteiger charge is -2.35. The summed E-state index contributed by atoms with van der Waals surface area (Å²) in [6.45, 7) is 7.36. The molecule has 0 amide bonds. The molecule has 0 aliphatic heterocycles. The van der Waals surface area contributed by atoms with Crippen LogP contribution in [0.15, 0.2) is 11.1 Å². The molecule has 0 aromatic carbocycles. The predicted octanol–water partition coefficient (Wildman–Crippen LogP) is 4.07. The zero-order chi connectivity index (χ0) is 11.3. The first kappa shape index (κ1) is 12.8. The Morgan fingerprint density at radius 3 is 2.47 bits per heavy atom. The quantitative estimate of drug-likeness (QED) is 0.536. The molecule has 88 valence electrons. The highest BCUT2D eigenvalue weighted by Crippen LogP contribution is 2.42. The zero-order valence-corrected chi connectivity index (χ0v) is 10.6. The lowest BCUT2D eigenvalue weighted by Crippen LogP contribution is -2.21. The maximum atomic E-state index is 8.74. The van der Waals surface area contributed by atoms with Crippen LogP contribution in [-0.2, 0) is 0 Å². The molecule has 0 aromatic rings. The Kier molecular flexibility index (Phi) is 4.85. The summed E-state index contributed by atoms with van der Waals surface area (Å²) in [5.74, 6) is 0. The highest BCUT2D eigenvalue weighted by molar-refractivity contribution is 5.15. The SMILES string of the molecule is CC1=C(C)CC(C)(CCCCCO)CC1. The van der Waals surface area contributed by atoms with Gasteiger partial charge in [0.2, 0.25) is 0 Å². The summed E-state index contributed by atoms with van der Waals surface area (Å²) < 4.78 is 0. The van der Waals surface area contributed by atoms with E-state index in [1.807, 2.05) is 0 Å². The second kappa shape index (κ2) is 5.69. The lowest BCUT2D eigenvalue weighted by molar-refractivity contribution is 0.236. The first-order chi connectivity index (χ1) is 7.07. The summed E-state index contributed by atoms with van der Waals surface area (Å²) in [6.07, 6.45) is 8.72. The van der Waals surface area contributed by atoms with Crippen molar-refractivity contribution in [3.05, 3.63) is 11.1 Å². The largest absolute Gasteiger partial charge is 0.396 e. The number of allylic oxidation sites excluding steroid dienone is 2. The lowest BCUT2D eigenvalue weighted by atomic mass is 9.71. The molecule has 0 bridgehead atoms. The van der Waals surface area contributed by atoms with Crippen molar-refractivity contribution >= 4 is 0 Å². The molecule has 15 heavy (non-hydrogen) atoms. The third-order valence-electron chi connectivity index (χ3n) is 3.96. The van der Waals surface area contributed by atoms with Crippen molar-refractivity contribution in [2.45, 2.75) is 65.7 Å². The molecule has 0 saturated carbocycles. The van der Waals surface area contributed by atoms with E-state index < -0.39 is 0 Å². The zero-order valence-electron chi connectivity index (χ0n) is 10.6. The highest BCUT2D eigenvalue weighted by Gasteiger charge is 2.27. The van der Waals surface area contributed by atoms with E-state index in [1.165, 1.54) is 38.5 Å². The number of hydrogen-bond acceptors (Lipinski definition) is 1. The number of aliphatic hydroxyl groups is 1. The molecule has 1 aliphatic rings. The van der Waals surface area contributed by atoms with Crippen LogP contribution in [0.5, 0.6) is 0 Å². The van der Waals surface area contributed by atoms with Gasteiger partial charge < -0.3 is 5.11 Å². The van der Waals surface area contributed by atoms with Crippen LogP contribution in [0.3, 0.4) is 0 Å². The average Bonchev–Trinajstić information content (AvgIpc) is 2.20. The van der Waals surface area contributed by atoms with E-state index in [0.29, 0.717) is 12.0 Å². The molecule has 0 radical (unpaired) electrons. The van der Waals surface area contributed by atoms with Gasteiger partial charge in [0.1, 0.15) is 0 Å². The van der Waals surface area contributed by atoms with Crippen molar-refractivity contribution < 1.29 is 5.11 Å². The Bertz CT molecular complexity index is 229. The number of hydrogen-bond donors (Lipinski definition) is 1. The van der Waals surface area contributed by atoms with Crippen LogP contribution in [0.25, 0.3) is 0 Å². The number of aliphatic hydroxyl groups excluding tert-OH is 1. The minimum Gasteiger partial charge on any atom is -0.396 e. The summed E-state index contributed by atoms with van der Waals surface area (Å²) in [4.78, 5) is 0. The monoisotopic (exact) mass is 210 g/mol. The van der Waals surface area contributed by atoms with Gasteiger partial charge in [-0.2, -0.15) is 0 Å². The van der Waals surface area contributed by atoms with Gasteiger partial charge in [-0.25, -0.2) is 0 Å². The fraction of sp³-hybridized carbons (Fsp3) is 0.857. The van der Waals surface area contributed by atoms with Crippen molar-refractivity contribution in [1.82, 2.24) is 0 Å². The maximum absolute atomic E-state index is 8.74. The van der Waals surface area contributed by atoms with Crippen molar-refractivity contribution in [2.24, 2.45) is 5.41 Å². The fourth-order valence-corrected chi connectivity index (χ4v) is 2.64. The van der Waals surface area contributed by atoms with Gasteiger partial charge in [0.05, 0.1) is 0 Å². The van der Waals surface area contributed by atoms with Gasteiger partial charge in [-0.1, -0.05) is 30.9 Å². The Morgan fingerprint density at radius 2 is 1.87 bits per heavy atom. The molecule has 1 nitrogen and oxygen atoms in total. The highest BCUT2D eigenvalue weighted by atomic mass is 16.2. The molecule has 1 unspecified atom stereocenters. The minimum absolute atomic E-state index is 0.356. The van der Waals surface area contributed by atoms with Gasteiger partial charge in [0.25, 0.3) is 0 Å². The van der Waals surface area contributed by atoms with Crippen LogP contribution in [0.4, 0.5) is 0 Å². The van der Waals surface area contributed by atoms with E-state index in [0.717, 1.165) is 6.42 Å². The van der Waals surface area contributed by atoms with Crippen LogP contribution < -0.4 is 0 Å². The van der Waals surface area contributed by atoms with E-state index in [1.54, 1.807) is 11.1 Å². The Hall–Kier alpha value is -0.300. The normalized spacial score (nSPS) is 27.2. The third kappa shape index (κ3) is 3.98. The number of rotatable bonds is 5. The van der Waals surface area contributed by atoms with E-state index in [9.17, 15) is 0 Å². The summed E-state index contributed by atoms with van der Waals surface area (Å²) in [6, 6.07) is 0. The van der Waals surface area contributed by atoms with E-state index in [2.05, 4.69) is 20.8 Å². The first-order valence-corrected chi connectivity index (χ1v) is 6.33. The minimum atomic E-state index is 0.356. The summed E-state index contributed by atoms with van der Waals surface area (Å²) in [5.41, 5.74) is 3.77. The van der Waals surface area contributed by atoms with Crippen molar-refractivity contribution in [3.63, 3.8) is 0 Å². The molecule has 0 heterocycles. The van der Waals surface area contributed by atoms with Gasteiger partial charge in [-0.15, -0.1) is 0 Å². The van der Waals surface area contributed by atoms with Gasteiger partial charge in [0.15, 0.2) is 0 Å². The molecular weight excluding hydrogens is 184 g/mol. The second-order valence-corrected chi connectivity index (χ2v) is 5.58. The van der Waals surface area contributed by atoms with E-state index in [4.69, 9.17) is 5.11 Å². The topological polar surface area (TPSA) is 20.2 Å². The van der Waals surface area contributed by atoms with Crippen molar-refractivity contribution in [1.29, 1.82) is 0 Å². The van der Waals surface area contributed by atoms with Crippen LogP contribution in [0.2, 0.25) is 0 Å². The predicted molar refractivity (Wildman–Crippen MR) is 65.9 cm³/mol. The van der Waals surface area contributed by atoms with Gasteiger partial charge in [0, 0.05) is 6.61 Å². The van der Waals surface area contributed by atoms with Gasteiger partial charge >= 0.3 is 0 Å². The third-order valence-corrected chi connectivity index (χ3v) is 3.96. The summed E-state index contributed by atoms with van der Waals surface area (Å²) in [5, 5.41) is 8.74. The molecule has 1 atom stereocenters. The summed E-state index contributed by atoms with van der Waals surface area (Å²) >= 11 is 0. The van der Waals surface area contributed by atoms with Crippen LogP contribution in [0.1, 0.15) is 65.7 Å². The molecule has 0 spiro atoms. The molecule has 1 heteroatoms. The molecule has 0 saturated heterocycles. The molecule has 1 N–H and O–H groups in total. The van der Waals surface area contributed by atoms with Gasteiger partial charge in [-0.05, 0) is 51.4 Å². The van der Waals surface area contributed by atoms with Crippen LogP contribution in [-0.4, -0.2) is 11.7 Å². The van der Waals surface area contributed by atoms with Crippen LogP contribution in [0, 0.1) is 5.41 Å². The van der Waals surface area contributed by atoms with Gasteiger partial charge in [-0.3, -0.25) is 0 Å². The average molecular weight is 210 g/mol. The maximum Gasteiger partial charge on any atom is 0.0431 e. The first-order valence-electron chi connectivity index (χ1n) is 6.33. The standard InChI is InChI=1S/C14H26O/c1-12-7-9-14(3,11-13(12)2)8-5-4-6-10-15/h15H,4-11H2,1-3H3. The smallest absolute Gasteiger partial charge is 0.0431 e. The molecular formula is C14H26O. The summed E-state index contributed by atoms with van der Waals surface area (Å²) in [7, 11) is 0. The number of unbranched alkanes of at least 4 members (excludes halogenated alkanes) is 2. The Labute approximate surface area is 94.6 Å². The second-order valence-electron chi connectivity index (χ2n) is 5.58. The van der Waals surface area contributed by atoms with Crippen LogP contribution >= 0.6 is 0 Å². The Balaban J connectivity index is 2.34. The van der Waals surface area contributed by atoms with E-state index in [-0.39, 0.29) is 0 Å². The molecule has 1 rings (SSSR count). The Morgan fingerprint density at radius 1 is 1.13 bits per heavy atom. The molecule has 0 fully saturated rings. The molecule has 0 aromatic heterocycles.